The van der Waals surface area contributed by atoms with E-state index in [2.05, 4.69) is 41.6 Å². The molecule has 0 bridgehead atoms. The highest BCUT2D eigenvalue weighted by molar-refractivity contribution is 7.91. The van der Waals surface area contributed by atoms with E-state index in [4.69, 9.17) is 11.6 Å². The van der Waals surface area contributed by atoms with Gasteiger partial charge in [-0.1, -0.05) is 37.6 Å². The van der Waals surface area contributed by atoms with Gasteiger partial charge >= 0.3 is 0 Å². The molecule has 0 saturated carbocycles. The monoisotopic (exact) mass is 385 g/mol. The molecule has 2 rings (SSSR count). The molecule has 1 heterocycles. The van der Waals surface area contributed by atoms with Crippen molar-refractivity contribution in [2.45, 2.75) is 44.6 Å². The zero-order valence-electron chi connectivity index (χ0n) is 15.2. The molecule has 1 aliphatic rings. The Labute approximate surface area is 156 Å². The van der Waals surface area contributed by atoms with Gasteiger partial charge in [-0.3, -0.25) is 4.99 Å². The predicted octanol–water partition coefficient (Wildman–Crippen LogP) is 2.75. The van der Waals surface area contributed by atoms with Gasteiger partial charge in [0.15, 0.2) is 15.8 Å². The van der Waals surface area contributed by atoms with Crippen LogP contribution in [0, 0.1) is 0 Å². The molecule has 0 spiro atoms. The lowest BCUT2D eigenvalue weighted by molar-refractivity contribution is 0.389. The van der Waals surface area contributed by atoms with Crippen molar-refractivity contribution in [3.63, 3.8) is 0 Å². The van der Waals surface area contributed by atoms with Crippen LogP contribution >= 0.6 is 11.6 Å². The number of guanidine groups is 1. The molecule has 25 heavy (non-hydrogen) atoms. The topological polar surface area (TPSA) is 70.6 Å². The summed E-state index contributed by atoms with van der Waals surface area (Å²) in [4.78, 5) is 4.26. The molecule has 2 N–H and O–H groups in total. The van der Waals surface area contributed by atoms with Gasteiger partial charge in [-0.15, -0.1) is 0 Å². The minimum absolute atomic E-state index is 0.0238. The van der Waals surface area contributed by atoms with E-state index in [0.29, 0.717) is 12.4 Å². The Bertz CT molecular complexity index is 698. The van der Waals surface area contributed by atoms with Crippen LogP contribution in [0.2, 0.25) is 5.02 Å². The van der Waals surface area contributed by atoms with Crippen LogP contribution in [0.3, 0.4) is 0 Å². The van der Waals surface area contributed by atoms with E-state index in [-0.39, 0.29) is 23.0 Å². The Morgan fingerprint density at radius 2 is 1.92 bits per heavy atom. The second-order valence-corrected chi connectivity index (χ2v) is 9.33. The summed E-state index contributed by atoms with van der Waals surface area (Å²) in [6.45, 7) is 5.08. The minimum Gasteiger partial charge on any atom is -0.356 e. The average Bonchev–Trinajstić information content (AvgIpc) is 2.94. The Morgan fingerprint density at radius 3 is 2.40 bits per heavy atom. The highest BCUT2D eigenvalue weighted by atomic mass is 35.5. The molecule has 0 aromatic heterocycles. The molecule has 5 nitrogen and oxygen atoms in total. The Hall–Kier alpha value is -1.27. The predicted molar refractivity (Wildman–Crippen MR) is 105 cm³/mol. The first-order valence-electron chi connectivity index (χ1n) is 8.78. The second kappa shape index (κ2) is 8.41. The molecule has 1 fully saturated rings. The van der Waals surface area contributed by atoms with Crippen molar-refractivity contribution in [3.8, 4) is 0 Å². The number of sulfone groups is 1. The third kappa shape index (κ3) is 5.11. The minimum atomic E-state index is -2.91. The van der Waals surface area contributed by atoms with E-state index in [1.165, 1.54) is 5.56 Å². The van der Waals surface area contributed by atoms with Crippen LogP contribution in [0.4, 0.5) is 0 Å². The van der Waals surface area contributed by atoms with Gasteiger partial charge in [0, 0.05) is 30.1 Å². The molecule has 1 saturated heterocycles. The van der Waals surface area contributed by atoms with Crippen molar-refractivity contribution in [3.05, 3.63) is 34.9 Å². The number of halogens is 1. The fourth-order valence-corrected chi connectivity index (χ4v) is 5.16. The highest BCUT2D eigenvalue weighted by Gasteiger charge is 2.31. The van der Waals surface area contributed by atoms with Crippen LogP contribution in [0.25, 0.3) is 0 Å². The first-order chi connectivity index (χ1) is 11.8. The number of hydrogen-bond acceptors (Lipinski definition) is 3. The lowest BCUT2D eigenvalue weighted by atomic mass is 9.76. The van der Waals surface area contributed by atoms with Crippen molar-refractivity contribution in [2.24, 2.45) is 4.99 Å². The van der Waals surface area contributed by atoms with Gasteiger partial charge in [-0.05, 0) is 37.0 Å². The van der Waals surface area contributed by atoms with E-state index < -0.39 is 9.84 Å². The number of rotatable bonds is 6. The smallest absolute Gasteiger partial charge is 0.191 e. The Morgan fingerprint density at radius 1 is 1.28 bits per heavy atom. The summed E-state index contributed by atoms with van der Waals surface area (Å²) in [7, 11) is -1.20. The number of benzene rings is 1. The fraction of sp³-hybridized carbons (Fsp3) is 0.611. The average molecular weight is 386 g/mol. The largest absolute Gasteiger partial charge is 0.356 e. The molecule has 0 radical (unpaired) electrons. The van der Waals surface area contributed by atoms with Gasteiger partial charge in [0.1, 0.15) is 0 Å². The Kier molecular flexibility index (Phi) is 6.74. The standard InChI is InChI=1S/C18H28ClN3O2S/c1-4-18(5-2,14-6-8-15(19)9-7-14)13-21-17(20-3)22-16-10-11-25(23,24)12-16/h6-9,16H,4-5,10-13H2,1-3H3,(H2,20,21,22). The molecule has 1 aromatic carbocycles. The SMILES string of the molecule is CCC(CC)(CNC(=NC)NC1CCS(=O)(=O)C1)c1ccc(Cl)cc1. The maximum Gasteiger partial charge on any atom is 0.191 e. The fourth-order valence-electron chi connectivity index (χ4n) is 3.36. The number of nitrogens with zero attached hydrogens (tertiary/aromatic N) is 1. The summed E-state index contributed by atoms with van der Waals surface area (Å²) in [5.74, 6) is 1.08. The zero-order valence-corrected chi connectivity index (χ0v) is 16.8. The lowest BCUT2D eigenvalue weighted by Gasteiger charge is -2.33. The second-order valence-electron chi connectivity index (χ2n) is 6.66. The van der Waals surface area contributed by atoms with E-state index >= 15 is 0 Å². The summed E-state index contributed by atoms with van der Waals surface area (Å²) in [5, 5.41) is 7.37. The maximum atomic E-state index is 11.6. The van der Waals surface area contributed by atoms with Crippen LogP contribution in [0.15, 0.2) is 29.3 Å². The molecular weight excluding hydrogens is 358 g/mol. The summed E-state index contributed by atoms with van der Waals surface area (Å²) in [6.07, 6.45) is 2.59. The van der Waals surface area contributed by atoms with Crippen molar-refractivity contribution < 1.29 is 8.42 Å². The first kappa shape index (κ1) is 20.0. The van der Waals surface area contributed by atoms with Gasteiger partial charge < -0.3 is 10.6 Å². The number of aliphatic imine (C=N–C) groups is 1. The molecule has 1 unspecified atom stereocenters. The normalized spacial score (nSPS) is 20.5. The third-order valence-corrected chi connectivity index (χ3v) is 7.22. The molecule has 1 atom stereocenters. The van der Waals surface area contributed by atoms with Crippen LogP contribution in [0.1, 0.15) is 38.7 Å². The van der Waals surface area contributed by atoms with Gasteiger partial charge in [0.2, 0.25) is 0 Å². The van der Waals surface area contributed by atoms with Crippen LogP contribution < -0.4 is 10.6 Å². The van der Waals surface area contributed by atoms with Crippen molar-refractivity contribution in [1.82, 2.24) is 10.6 Å². The summed E-state index contributed by atoms with van der Waals surface area (Å²) >= 11 is 6.02. The van der Waals surface area contributed by atoms with Crippen molar-refractivity contribution >= 4 is 27.4 Å². The molecule has 140 valence electrons. The van der Waals surface area contributed by atoms with Crippen LogP contribution in [-0.2, 0) is 15.3 Å². The third-order valence-electron chi connectivity index (χ3n) is 5.20. The Balaban J connectivity index is 2.05. The summed E-state index contributed by atoms with van der Waals surface area (Å²) < 4.78 is 23.2. The highest BCUT2D eigenvalue weighted by Crippen LogP contribution is 2.31. The van der Waals surface area contributed by atoms with Crippen molar-refractivity contribution in [1.29, 1.82) is 0 Å². The quantitative estimate of drug-likeness (QED) is 0.583. The number of hydrogen-bond donors (Lipinski definition) is 2. The zero-order chi connectivity index (χ0) is 18.5. The van der Waals surface area contributed by atoms with E-state index in [9.17, 15) is 8.42 Å². The van der Waals surface area contributed by atoms with Crippen molar-refractivity contribution in [2.75, 3.05) is 25.1 Å². The van der Waals surface area contributed by atoms with Gasteiger partial charge in [-0.2, -0.15) is 0 Å². The van der Waals surface area contributed by atoms with Crippen LogP contribution in [-0.4, -0.2) is 45.5 Å². The lowest BCUT2D eigenvalue weighted by Crippen LogP contribution is -2.48. The van der Waals surface area contributed by atoms with Gasteiger partial charge in [0.05, 0.1) is 11.5 Å². The van der Waals surface area contributed by atoms with E-state index in [1.54, 1.807) is 7.05 Å². The van der Waals surface area contributed by atoms with E-state index in [0.717, 1.165) is 24.4 Å². The molecule has 1 aromatic rings. The summed E-state index contributed by atoms with van der Waals surface area (Å²) in [5.41, 5.74) is 1.22. The van der Waals surface area contributed by atoms with Crippen LogP contribution in [0.5, 0.6) is 0 Å². The molecule has 1 aliphatic heterocycles. The first-order valence-corrected chi connectivity index (χ1v) is 11.0. The molecular formula is C18H28ClN3O2S. The van der Waals surface area contributed by atoms with Gasteiger partial charge in [-0.25, -0.2) is 8.42 Å². The number of nitrogens with one attached hydrogen (secondary N) is 2. The molecule has 0 aliphatic carbocycles. The van der Waals surface area contributed by atoms with E-state index in [1.807, 2.05) is 12.1 Å². The van der Waals surface area contributed by atoms with Gasteiger partial charge in [0.25, 0.3) is 0 Å². The molecule has 7 heteroatoms. The maximum absolute atomic E-state index is 11.6. The molecule has 0 amide bonds. The summed E-state index contributed by atoms with van der Waals surface area (Å²) in [6, 6.07) is 7.94.